The van der Waals surface area contributed by atoms with E-state index in [1.165, 1.54) is 0 Å². The highest BCUT2D eigenvalue weighted by Gasteiger charge is 2.38. The second-order valence-corrected chi connectivity index (χ2v) is 8.76. The lowest BCUT2D eigenvalue weighted by Gasteiger charge is -2.37. The Labute approximate surface area is 175 Å². The number of hydrogen-bond donors (Lipinski definition) is 4. The van der Waals surface area contributed by atoms with E-state index in [2.05, 4.69) is 10.6 Å². The molecule has 2 amide bonds. The molecule has 2 aromatic rings. The molecule has 6 heteroatoms. The zero-order valence-electron chi connectivity index (χ0n) is 16.7. The van der Waals surface area contributed by atoms with Crippen LogP contribution in [0.3, 0.4) is 0 Å². The summed E-state index contributed by atoms with van der Waals surface area (Å²) in [6, 6.07) is 10.9. The molecule has 5 rings (SSSR count). The average Bonchev–Trinajstić information content (AvgIpc) is 3.32. The Bertz CT molecular complexity index is 933. The van der Waals surface area contributed by atoms with Gasteiger partial charge in [0.15, 0.2) is 0 Å². The quantitative estimate of drug-likeness (QED) is 0.627. The molecule has 4 N–H and O–H groups in total. The Hall–Kier alpha value is -3.02. The van der Waals surface area contributed by atoms with Crippen molar-refractivity contribution in [1.29, 1.82) is 0 Å². The van der Waals surface area contributed by atoms with Crippen molar-refractivity contribution in [2.24, 2.45) is 0 Å². The van der Waals surface area contributed by atoms with Gasteiger partial charge in [0, 0.05) is 23.2 Å². The summed E-state index contributed by atoms with van der Waals surface area (Å²) in [5, 5.41) is 26.5. The molecule has 156 valence electrons. The topological polar surface area (TPSA) is 98.7 Å². The Morgan fingerprint density at radius 1 is 0.733 bits per heavy atom. The first-order valence-electron chi connectivity index (χ1n) is 10.7. The highest BCUT2D eigenvalue weighted by atomic mass is 16.3. The number of aromatic hydroxyl groups is 2. The molecule has 0 radical (unpaired) electrons. The first kappa shape index (κ1) is 19.0. The monoisotopic (exact) mass is 406 g/mol. The number of amides is 2. The summed E-state index contributed by atoms with van der Waals surface area (Å²) in [6.07, 6.45) is 4.46. The van der Waals surface area contributed by atoms with Gasteiger partial charge in [0.05, 0.1) is 11.8 Å². The Balaban J connectivity index is 1.14. The van der Waals surface area contributed by atoms with Crippen LogP contribution in [0.25, 0.3) is 0 Å². The van der Waals surface area contributed by atoms with E-state index in [0.29, 0.717) is 12.8 Å². The summed E-state index contributed by atoms with van der Waals surface area (Å²) in [5.74, 6) is -0.284. The van der Waals surface area contributed by atoms with Gasteiger partial charge < -0.3 is 20.8 Å². The summed E-state index contributed by atoms with van der Waals surface area (Å²) in [6.45, 7) is 0. The van der Waals surface area contributed by atoms with E-state index < -0.39 is 0 Å². The van der Waals surface area contributed by atoms with E-state index in [4.69, 9.17) is 0 Å². The minimum atomic E-state index is -0.298. The van der Waals surface area contributed by atoms with Crippen LogP contribution < -0.4 is 10.6 Å². The third kappa shape index (κ3) is 3.20. The van der Waals surface area contributed by atoms with Crippen molar-refractivity contribution in [2.75, 3.05) is 0 Å². The number of benzene rings is 2. The molecule has 0 aromatic heterocycles. The van der Waals surface area contributed by atoms with Gasteiger partial charge in [0.1, 0.15) is 11.5 Å². The SMILES string of the molecule is O=C(NC1CC(NC(=O)C2CCc3cccc(O)c32)C1)C1CCc2cccc(O)c21. The van der Waals surface area contributed by atoms with Gasteiger partial charge in [-0.15, -0.1) is 0 Å². The van der Waals surface area contributed by atoms with Gasteiger partial charge in [-0.1, -0.05) is 24.3 Å². The molecule has 2 aromatic carbocycles. The molecule has 0 spiro atoms. The van der Waals surface area contributed by atoms with Crippen LogP contribution >= 0.6 is 0 Å². The van der Waals surface area contributed by atoms with Gasteiger partial charge in [-0.3, -0.25) is 9.59 Å². The first-order valence-corrected chi connectivity index (χ1v) is 10.7. The summed E-state index contributed by atoms with van der Waals surface area (Å²) in [5.41, 5.74) is 3.63. The van der Waals surface area contributed by atoms with Crippen LogP contribution in [0.15, 0.2) is 36.4 Å². The molecule has 2 atom stereocenters. The molecular formula is C24H26N2O4. The van der Waals surface area contributed by atoms with Gasteiger partial charge >= 0.3 is 0 Å². The van der Waals surface area contributed by atoms with E-state index in [1.54, 1.807) is 12.1 Å². The third-order valence-electron chi connectivity index (χ3n) is 6.91. The Morgan fingerprint density at radius 3 is 1.60 bits per heavy atom. The number of fused-ring (bicyclic) bond motifs is 2. The molecule has 1 fully saturated rings. The van der Waals surface area contributed by atoms with E-state index in [9.17, 15) is 19.8 Å². The largest absolute Gasteiger partial charge is 0.508 e. The van der Waals surface area contributed by atoms with E-state index in [0.717, 1.165) is 47.9 Å². The van der Waals surface area contributed by atoms with Gasteiger partial charge in [0.25, 0.3) is 0 Å². The highest BCUT2D eigenvalue weighted by Crippen LogP contribution is 2.40. The number of carbonyl (C=O) groups excluding carboxylic acids is 2. The maximum absolute atomic E-state index is 12.7. The molecule has 0 aliphatic heterocycles. The maximum Gasteiger partial charge on any atom is 0.227 e. The van der Waals surface area contributed by atoms with Crippen LogP contribution in [-0.4, -0.2) is 34.1 Å². The van der Waals surface area contributed by atoms with Crippen molar-refractivity contribution < 1.29 is 19.8 Å². The van der Waals surface area contributed by atoms with E-state index >= 15 is 0 Å². The molecule has 3 aliphatic carbocycles. The van der Waals surface area contributed by atoms with Gasteiger partial charge in [-0.05, 0) is 61.8 Å². The molecule has 1 saturated carbocycles. The van der Waals surface area contributed by atoms with Crippen LogP contribution in [0.1, 0.15) is 59.8 Å². The third-order valence-corrected chi connectivity index (χ3v) is 6.91. The van der Waals surface area contributed by atoms with Crippen LogP contribution in [0, 0.1) is 0 Å². The first-order chi connectivity index (χ1) is 14.5. The number of aryl methyl sites for hydroxylation is 2. The molecule has 0 bridgehead atoms. The molecule has 2 unspecified atom stereocenters. The predicted octanol–water partition coefficient (Wildman–Crippen LogP) is 2.62. The van der Waals surface area contributed by atoms with Gasteiger partial charge in [0.2, 0.25) is 11.8 Å². The molecular weight excluding hydrogens is 380 g/mol. The van der Waals surface area contributed by atoms with Crippen molar-refractivity contribution in [3.8, 4) is 11.5 Å². The number of phenols is 2. The minimum absolute atomic E-state index is 0.0420. The number of carbonyl (C=O) groups is 2. The van der Waals surface area contributed by atoms with Gasteiger partial charge in [-0.2, -0.15) is 0 Å². The Kier molecular flexibility index (Phi) is 4.65. The van der Waals surface area contributed by atoms with Crippen LogP contribution in [0.5, 0.6) is 11.5 Å². The van der Waals surface area contributed by atoms with E-state index in [-0.39, 0.29) is 47.2 Å². The summed E-state index contributed by atoms with van der Waals surface area (Å²) < 4.78 is 0. The van der Waals surface area contributed by atoms with Crippen LogP contribution in [-0.2, 0) is 22.4 Å². The van der Waals surface area contributed by atoms with Crippen molar-refractivity contribution >= 4 is 11.8 Å². The summed E-state index contributed by atoms with van der Waals surface area (Å²) >= 11 is 0. The minimum Gasteiger partial charge on any atom is -0.508 e. The molecule has 0 saturated heterocycles. The smallest absolute Gasteiger partial charge is 0.227 e. The lowest BCUT2D eigenvalue weighted by molar-refractivity contribution is -0.125. The number of rotatable bonds is 4. The summed E-state index contributed by atoms with van der Waals surface area (Å²) in [4.78, 5) is 25.5. The average molecular weight is 406 g/mol. The highest BCUT2D eigenvalue weighted by molar-refractivity contribution is 5.87. The lowest BCUT2D eigenvalue weighted by Crippen LogP contribution is -2.54. The van der Waals surface area contributed by atoms with Crippen molar-refractivity contribution in [3.05, 3.63) is 58.7 Å². The van der Waals surface area contributed by atoms with Gasteiger partial charge in [-0.25, -0.2) is 0 Å². The van der Waals surface area contributed by atoms with Crippen molar-refractivity contribution in [1.82, 2.24) is 10.6 Å². The molecule has 6 nitrogen and oxygen atoms in total. The standard InChI is InChI=1S/C24H26N2O4/c27-19-5-1-3-13-7-9-17(21(13)19)23(29)25-15-11-16(12-15)26-24(30)18-10-8-14-4-2-6-20(28)22(14)18/h1-6,15-18,27-28H,7-12H2,(H,25,29)(H,26,30). The van der Waals surface area contributed by atoms with Crippen molar-refractivity contribution in [2.45, 2.75) is 62.4 Å². The fourth-order valence-corrected chi connectivity index (χ4v) is 5.31. The number of hydrogen-bond acceptors (Lipinski definition) is 4. The fourth-order valence-electron chi connectivity index (χ4n) is 5.31. The van der Waals surface area contributed by atoms with Crippen LogP contribution in [0.4, 0.5) is 0 Å². The second kappa shape index (κ2) is 7.35. The second-order valence-electron chi connectivity index (χ2n) is 8.76. The zero-order valence-corrected chi connectivity index (χ0v) is 16.7. The number of nitrogens with one attached hydrogen (secondary N) is 2. The Morgan fingerprint density at radius 2 is 1.17 bits per heavy atom. The van der Waals surface area contributed by atoms with Crippen molar-refractivity contribution in [3.63, 3.8) is 0 Å². The molecule has 30 heavy (non-hydrogen) atoms. The molecule has 0 heterocycles. The van der Waals surface area contributed by atoms with Crippen LogP contribution in [0.2, 0.25) is 0 Å². The van der Waals surface area contributed by atoms with E-state index in [1.807, 2.05) is 24.3 Å². The lowest BCUT2D eigenvalue weighted by atomic mass is 9.85. The number of phenolic OH excluding ortho intramolecular Hbond substituents is 2. The summed E-state index contributed by atoms with van der Waals surface area (Å²) in [7, 11) is 0. The zero-order chi connectivity index (χ0) is 20.8. The predicted molar refractivity (Wildman–Crippen MR) is 111 cm³/mol. The fraction of sp³-hybridized carbons (Fsp3) is 0.417. The normalized spacial score (nSPS) is 26.4. The molecule has 3 aliphatic rings. The maximum atomic E-state index is 12.7.